The van der Waals surface area contributed by atoms with Crippen LogP contribution in [0.4, 0.5) is 0 Å². The molecule has 0 rings (SSSR count). The van der Waals surface area contributed by atoms with Crippen molar-refractivity contribution in [3.05, 3.63) is 122 Å². The van der Waals surface area contributed by atoms with Crippen LogP contribution in [-0.4, -0.2) is 37.2 Å². The Bertz CT molecular complexity index is 1700. The first-order chi connectivity index (χ1) is 41.0. The number of ether oxygens (including phenoxy) is 3. The third-order valence-electron chi connectivity index (χ3n) is 15.0. The molecule has 0 saturated heterocycles. The molecule has 83 heavy (non-hydrogen) atoms. The predicted octanol–water partition coefficient (Wildman–Crippen LogP) is 24.3. The zero-order valence-electron chi connectivity index (χ0n) is 54.4. The number of rotatable bonds is 63. The van der Waals surface area contributed by atoms with Crippen LogP contribution in [0.1, 0.15) is 329 Å². The summed E-state index contributed by atoms with van der Waals surface area (Å²) in [5, 5.41) is 0. The Labute approximate surface area is 513 Å². The monoisotopic (exact) mass is 1150 g/mol. The lowest BCUT2D eigenvalue weighted by molar-refractivity contribution is -0.167. The van der Waals surface area contributed by atoms with Crippen molar-refractivity contribution in [2.45, 2.75) is 335 Å². The molecule has 0 fully saturated rings. The van der Waals surface area contributed by atoms with E-state index in [0.717, 1.165) is 116 Å². The van der Waals surface area contributed by atoms with Crippen LogP contribution in [0.15, 0.2) is 122 Å². The Balaban J connectivity index is 4.10. The van der Waals surface area contributed by atoms with Gasteiger partial charge in [0.05, 0.1) is 0 Å². The molecule has 0 heterocycles. The molecule has 0 amide bonds. The molecule has 0 saturated carbocycles. The van der Waals surface area contributed by atoms with Gasteiger partial charge in [0.2, 0.25) is 0 Å². The van der Waals surface area contributed by atoms with Crippen LogP contribution in [0.5, 0.6) is 0 Å². The third kappa shape index (κ3) is 68.5. The summed E-state index contributed by atoms with van der Waals surface area (Å²) < 4.78 is 16.9. The Kier molecular flexibility index (Phi) is 66.7. The van der Waals surface area contributed by atoms with E-state index in [2.05, 4.69) is 142 Å². The lowest BCUT2D eigenvalue weighted by Crippen LogP contribution is -2.30. The van der Waals surface area contributed by atoms with Gasteiger partial charge < -0.3 is 14.2 Å². The molecule has 0 aromatic rings. The Morgan fingerprint density at radius 3 is 0.735 bits per heavy atom. The zero-order valence-corrected chi connectivity index (χ0v) is 54.4. The van der Waals surface area contributed by atoms with Crippen LogP contribution in [0.3, 0.4) is 0 Å². The molecule has 0 bridgehead atoms. The molecule has 1 unspecified atom stereocenters. The van der Waals surface area contributed by atoms with E-state index < -0.39 is 6.10 Å². The van der Waals surface area contributed by atoms with Crippen molar-refractivity contribution in [3.63, 3.8) is 0 Å². The van der Waals surface area contributed by atoms with Crippen LogP contribution in [0, 0.1) is 0 Å². The molecule has 0 aliphatic heterocycles. The van der Waals surface area contributed by atoms with Gasteiger partial charge in [-0.05, 0) is 116 Å². The van der Waals surface area contributed by atoms with E-state index in [0.29, 0.717) is 19.3 Å². The second kappa shape index (κ2) is 70.3. The normalized spacial score (nSPS) is 12.9. The largest absolute Gasteiger partial charge is 0.462 e. The fraction of sp³-hybridized carbons (Fsp3) is 0.701. The molecule has 6 heteroatoms. The van der Waals surface area contributed by atoms with Crippen molar-refractivity contribution in [2.24, 2.45) is 0 Å². The van der Waals surface area contributed by atoms with Crippen molar-refractivity contribution in [1.29, 1.82) is 0 Å². The standard InChI is InChI=1S/C77H130O6/c1-4-7-10-13-16-18-20-22-24-26-28-30-32-33-34-35-36-37-38-39-40-41-42-43-45-46-48-50-52-54-56-58-61-64-67-70-76(79)82-73-74(72-81-75(78)69-66-63-60-15-12-9-6-3)83-77(80)71-68-65-62-59-57-55-53-51-49-47-44-31-29-27-25-23-21-19-17-14-11-8-5-2/h7,10,16,18,21-24,27-30,33-34,36-37,39-40,42-43,74H,4-6,8-9,11-15,17,19-20,25-26,31-32,35,38,41,44-73H2,1-3H3/b10-7-,18-16-,23-21-,24-22-,29-27-,30-28-,34-33-,37-36-,40-39-,43-42-. The molecule has 0 aliphatic carbocycles. The molecule has 0 radical (unpaired) electrons. The van der Waals surface area contributed by atoms with Gasteiger partial charge in [0.25, 0.3) is 0 Å². The van der Waals surface area contributed by atoms with Crippen molar-refractivity contribution >= 4 is 17.9 Å². The Morgan fingerprint density at radius 1 is 0.253 bits per heavy atom. The van der Waals surface area contributed by atoms with Crippen LogP contribution < -0.4 is 0 Å². The maximum atomic E-state index is 12.9. The van der Waals surface area contributed by atoms with Gasteiger partial charge in [-0.3, -0.25) is 14.4 Å². The predicted molar refractivity (Wildman–Crippen MR) is 362 cm³/mol. The number of carbonyl (C=O) groups is 3. The summed E-state index contributed by atoms with van der Waals surface area (Å²) in [4.78, 5) is 38.2. The summed E-state index contributed by atoms with van der Waals surface area (Å²) in [7, 11) is 0. The van der Waals surface area contributed by atoms with Crippen molar-refractivity contribution in [3.8, 4) is 0 Å². The van der Waals surface area contributed by atoms with Crippen LogP contribution in [-0.2, 0) is 28.6 Å². The van der Waals surface area contributed by atoms with Crippen LogP contribution in [0.25, 0.3) is 0 Å². The summed E-state index contributed by atoms with van der Waals surface area (Å²) in [6.45, 7) is 6.49. The maximum Gasteiger partial charge on any atom is 0.306 e. The van der Waals surface area contributed by atoms with Gasteiger partial charge in [0, 0.05) is 19.3 Å². The van der Waals surface area contributed by atoms with E-state index in [-0.39, 0.29) is 31.1 Å². The third-order valence-corrected chi connectivity index (χ3v) is 15.0. The second-order valence-corrected chi connectivity index (χ2v) is 23.1. The van der Waals surface area contributed by atoms with Crippen LogP contribution in [0.2, 0.25) is 0 Å². The number of hydrogen-bond donors (Lipinski definition) is 0. The molecule has 1 atom stereocenters. The maximum absolute atomic E-state index is 12.9. The van der Waals surface area contributed by atoms with E-state index in [4.69, 9.17) is 14.2 Å². The number of unbranched alkanes of at least 4 members (excludes halogenated alkanes) is 32. The second-order valence-electron chi connectivity index (χ2n) is 23.1. The van der Waals surface area contributed by atoms with Gasteiger partial charge in [0.15, 0.2) is 6.10 Å². The average molecular weight is 1150 g/mol. The van der Waals surface area contributed by atoms with Gasteiger partial charge in [-0.2, -0.15) is 0 Å². The quantitative estimate of drug-likeness (QED) is 0.0261. The highest BCUT2D eigenvalue weighted by molar-refractivity contribution is 5.71. The van der Waals surface area contributed by atoms with Gasteiger partial charge >= 0.3 is 17.9 Å². The molecule has 0 N–H and O–H groups in total. The highest BCUT2D eigenvalue weighted by Gasteiger charge is 2.19. The highest BCUT2D eigenvalue weighted by Crippen LogP contribution is 2.16. The summed E-state index contributed by atoms with van der Waals surface area (Å²) >= 11 is 0. The summed E-state index contributed by atoms with van der Waals surface area (Å²) in [6, 6.07) is 0. The Morgan fingerprint density at radius 2 is 0.470 bits per heavy atom. The fourth-order valence-corrected chi connectivity index (χ4v) is 9.73. The molecular weight excluding hydrogens is 1020 g/mol. The molecule has 0 aromatic carbocycles. The number of allylic oxidation sites excluding steroid dienone is 20. The van der Waals surface area contributed by atoms with E-state index in [1.165, 1.54) is 173 Å². The highest BCUT2D eigenvalue weighted by atomic mass is 16.6. The Hall–Kier alpha value is -4.19. The van der Waals surface area contributed by atoms with Crippen molar-refractivity contribution in [2.75, 3.05) is 13.2 Å². The fourth-order valence-electron chi connectivity index (χ4n) is 9.73. The van der Waals surface area contributed by atoms with Gasteiger partial charge in [-0.1, -0.05) is 316 Å². The summed E-state index contributed by atoms with van der Waals surface area (Å²) in [6.07, 6.45) is 98.2. The first kappa shape index (κ1) is 78.8. The first-order valence-corrected chi connectivity index (χ1v) is 35.0. The van der Waals surface area contributed by atoms with Gasteiger partial charge in [-0.15, -0.1) is 0 Å². The molecule has 0 aromatic heterocycles. The lowest BCUT2D eigenvalue weighted by Gasteiger charge is -2.18. The topological polar surface area (TPSA) is 78.9 Å². The SMILES string of the molecule is CC/C=C\C/C=C\C/C=C\C/C=C\C/C=C\C/C=C\C/C=C\C/C=C\CCCCCCCCCCCCC(=O)OCC(COC(=O)CCCCCCCCC)OC(=O)CCCCCCCCCCCCC/C=C\C/C=C\CCCCCCC. The molecule has 0 aliphatic rings. The van der Waals surface area contributed by atoms with Crippen molar-refractivity contribution < 1.29 is 28.6 Å². The molecule has 6 nitrogen and oxygen atoms in total. The van der Waals surface area contributed by atoms with E-state index in [1.807, 2.05) is 0 Å². The minimum Gasteiger partial charge on any atom is -0.462 e. The number of esters is 3. The van der Waals surface area contributed by atoms with Crippen molar-refractivity contribution in [1.82, 2.24) is 0 Å². The average Bonchev–Trinajstić information content (AvgIpc) is 3.49. The number of hydrogen-bond acceptors (Lipinski definition) is 6. The molecule has 474 valence electrons. The first-order valence-electron chi connectivity index (χ1n) is 35.0. The minimum absolute atomic E-state index is 0.0786. The smallest absolute Gasteiger partial charge is 0.306 e. The molecule has 0 spiro atoms. The van der Waals surface area contributed by atoms with E-state index in [9.17, 15) is 14.4 Å². The minimum atomic E-state index is -0.780. The molecular formula is C77H130O6. The van der Waals surface area contributed by atoms with Gasteiger partial charge in [0.1, 0.15) is 13.2 Å². The summed E-state index contributed by atoms with van der Waals surface area (Å²) in [5.74, 6) is -0.883. The number of carbonyl (C=O) groups excluding carboxylic acids is 3. The summed E-state index contributed by atoms with van der Waals surface area (Å²) in [5.41, 5.74) is 0. The van der Waals surface area contributed by atoms with E-state index >= 15 is 0 Å². The van der Waals surface area contributed by atoms with Crippen LogP contribution >= 0.6 is 0 Å². The van der Waals surface area contributed by atoms with E-state index in [1.54, 1.807) is 0 Å². The lowest BCUT2D eigenvalue weighted by atomic mass is 10.0. The van der Waals surface area contributed by atoms with Gasteiger partial charge in [-0.25, -0.2) is 0 Å². The zero-order chi connectivity index (χ0) is 59.9.